The second-order valence-electron chi connectivity index (χ2n) is 8.42. The largest absolute Gasteiger partial charge is 0.444 e. The first kappa shape index (κ1) is 23.6. The van der Waals surface area contributed by atoms with E-state index in [1.807, 2.05) is 6.07 Å². The minimum Gasteiger partial charge on any atom is -0.444 e. The first-order valence-electron chi connectivity index (χ1n) is 10.1. The van der Waals surface area contributed by atoms with Gasteiger partial charge in [0.05, 0.1) is 15.7 Å². The number of carbonyl (C=O) groups excluding carboxylic acids is 2. The summed E-state index contributed by atoms with van der Waals surface area (Å²) in [6, 6.07) is 7.69. The van der Waals surface area contributed by atoms with Gasteiger partial charge >= 0.3 is 6.09 Å². The molecule has 0 aliphatic rings. The van der Waals surface area contributed by atoms with E-state index >= 15 is 0 Å². The highest BCUT2D eigenvalue weighted by Crippen LogP contribution is 2.24. The fourth-order valence-corrected chi connectivity index (χ4v) is 3.85. The number of rotatable bonds is 6. The van der Waals surface area contributed by atoms with Crippen LogP contribution >= 0.6 is 11.3 Å². The lowest BCUT2D eigenvalue weighted by Crippen LogP contribution is -2.49. The molecule has 0 bridgehead atoms. The average molecular weight is 462 g/mol. The maximum atomic E-state index is 13.5. The Morgan fingerprint density at radius 3 is 2.50 bits per heavy atom. The topological polar surface area (TPSA) is 71.5 Å². The zero-order chi connectivity index (χ0) is 23.5. The second kappa shape index (κ2) is 9.60. The summed E-state index contributed by atoms with van der Waals surface area (Å²) >= 11 is 1.49. The standard InChI is InChI=1S/C23H25F2N3O3S/c1-23(2,3)31-22(30)27-18(7-5-14-9-15(24)11-16(25)10-14)21(29)28(4)17-6-8-20-19(12-17)26-13-32-20/h6,8-13,18H,5,7H2,1-4H3,(H,27,30)/t18-/m0/s1. The molecule has 1 heterocycles. The molecule has 3 rings (SSSR count). The highest BCUT2D eigenvalue weighted by molar-refractivity contribution is 7.16. The molecule has 9 heteroatoms. The zero-order valence-electron chi connectivity index (χ0n) is 18.3. The van der Waals surface area contributed by atoms with Gasteiger partial charge in [0, 0.05) is 18.8 Å². The predicted octanol–water partition coefficient (Wildman–Crippen LogP) is 5.06. The monoisotopic (exact) mass is 461 g/mol. The highest BCUT2D eigenvalue weighted by atomic mass is 32.1. The Labute approximate surface area is 189 Å². The van der Waals surface area contributed by atoms with Crippen molar-refractivity contribution in [3.63, 3.8) is 0 Å². The molecule has 0 saturated carbocycles. The number of thiazole rings is 1. The fourth-order valence-electron chi connectivity index (χ4n) is 3.19. The fraction of sp³-hybridized carbons (Fsp3) is 0.348. The van der Waals surface area contributed by atoms with E-state index < -0.39 is 29.4 Å². The predicted molar refractivity (Wildman–Crippen MR) is 121 cm³/mol. The summed E-state index contributed by atoms with van der Waals surface area (Å²) in [4.78, 5) is 31.3. The number of anilines is 1. The third-order valence-corrected chi connectivity index (χ3v) is 5.47. The number of halogens is 2. The normalized spacial score (nSPS) is 12.4. The molecule has 0 radical (unpaired) electrons. The van der Waals surface area contributed by atoms with Gasteiger partial charge < -0.3 is 15.0 Å². The van der Waals surface area contributed by atoms with E-state index in [0.29, 0.717) is 11.3 Å². The average Bonchev–Trinajstić information content (AvgIpc) is 3.15. The Hall–Kier alpha value is -3.07. The molecule has 0 saturated heterocycles. The number of hydrogen-bond donors (Lipinski definition) is 1. The van der Waals surface area contributed by atoms with Crippen molar-refractivity contribution in [1.82, 2.24) is 10.3 Å². The van der Waals surface area contributed by atoms with Crippen LogP contribution in [0.1, 0.15) is 32.8 Å². The van der Waals surface area contributed by atoms with Crippen LogP contribution in [0.2, 0.25) is 0 Å². The number of likely N-dealkylation sites (N-methyl/N-ethyl adjacent to an activating group) is 1. The number of aromatic nitrogens is 1. The number of alkyl carbamates (subject to hydrolysis) is 1. The number of carbonyl (C=O) groups is 2. The Morgan fingerprint density at radius 2 is 1.84 bits per heavy atom. The van der Waals surface area contributed by atoms with Crippen molar-refractivity contribution >= 4 is 39.2 Å². The van der Waals surface area contributed by atoms with Crippen molar-refractivity contribution in [2.75, 3.05) is 11.9 Å². The Bertz CT molecular complexity index is 1110. The SMILES string of the molecule is CN(C(=O)[C@H](CCc1cc(F)cc(F)c1)NC(=O)OC(C)(C)C)c1ccc2scnc2c1. The van der Waals surface area contributed by atoms with Crippen LogP contribution in [0.25, 0.3) is 10.2 Å². The van der Waals surface area contributed by atoms with Gasteiger partial charge in [-0.1, -0.05) is 0 Å². The van der Waals surface area contributed by atoms with Gasteiger partial charge in [0.15, 0.2) is 0 Å². The lowest BCUT2D eigenvalue weighted by atomic mass is 10.0. The number of benzene rings is 2. The number of ether oxygens (including phenoxy) is 1. The van der Waals surface area contributed by atoms with E-state index in [1.165, 1.54) is 28.4 Å². The summed E-state index contributed by atoms with van der Waals surface area (Å²) in [6.07, 6.45) is -0.436. The van der Waals surface area contributed by atoms with Gasteiger partial charge in [-0.05, 0) is 69.5 Å². The van der Waals surface area contributed by atoms with E-state index in [2.05, 4.69) is 10.3 Å². The van der Waals surface area contributed by atoms with Crippen LogP contribution in [-0.2, 0) is 16.0 Å². The summed E-state index contributed by atoms with van der Waals surface area (Å²) in [6.45, 7) is 5.15. The molecule has 32 heavy (non-hydrogen) atoms. The van der Waals surface area contributed by atoms with Crippen molar-refractivity contribution < 1.29 is 23.1 Å². The van der Waals surface area contributed by atoms with E-state index in [0.717, 1.165) is 16.3 Å². The van der Waals surface area contributed by atoms with Gasteiger partial charge in [-0.3, -0.25) is 4.79 Å². The molecule has 6 nitrogen and oxygen atoms in total. The maximum Gasteiger partial charge on any atom is 0.408 e. The molecule has 2 aromatic carbocycles. The number of fused-ring (bicyclic) bond motifs is 1. The Morgan fingerprint density at radius 1 is 1.16 bits per heavy atom. The summed E-state index contributed by atoms with van der Waals surface area (Å²) in [7, 11) is 1.60. The van der Waals surface area contributed by atoms with E-state index in [9.17, 15) is 18.4 Å². The first-order chi connectivity index (χ1) is 15.0. The molecule has 0 fully saturated rings. The van der Waals surface area contributed by atoms with Crippen LogP contribution in [-0.4, -0.2) is 35.7 Å². The van der Waals surface area contributed by atoms with E-state index in [4.69, 9.17) is 4.74 Å². The molecule has 1 N–H and O–H groups in total. The molecule has 0 unspecified atom stereocenters. The Balaban J connectivity index is 1.80. The van der Waals surface area contributed by atoms with Crippen LogP contribution in [0.3, 0.4) is 0 Å². The molecule has 170 valence electrons. The number of amides is 2. The van der Waals surface area contributed by atoms with Crippen molar-refractivity contribution in [2.45, 2.75) is 45.3 Å². The maximum absolute atomic E-state index is 13.5. The van der Waals surface area contributed by atoms with Gasteiger partial charge in [0.2, 0.25) is 5.91 Å². The third-order valence-electron chi connectivity index (χ3n) is 4.66. The summed E-state index contributed by atoms with van der Waals surface area (Å²) < 4.78 is 33.4. The van der Waals surface area contributed by atoms with Gasteiger partial charge in [-0.25, -0.2) is 18.6 Å². The summed E-state index contributed by atoms with van der Waals surface area (Å²) in [5, 5.41) is 2.60. The van der Waals surface area contributed by atoms with Crippen LogP contribution < -0.4 is 10.2 Å². The molecule has 1 atom stereocenters. The van der Waals surface area contributed by atoms with Crippen molar-refractivity contribution in [3.8, 4) is 0 Å². The lowest BCUT2D eigenvalue weighted by Gasteiger charge is -2.26. The first-order valence-corrected chi connectivity index (χ1v) is 10.9. The van der Waals surface area contributed by atoms with Gasteiger partial charge in [-0.15, -0.1) is 11.3 Å². The molecule has 1 aromatic heterocycles. The number of nitrogens with one attached hydrogen (secondary N) is 1. The second-order valence-corrected chi connectivity index (χ2v) is 9.30. The van der Waals surface area contributed by atoms with Crippen LogP contribution in [0.4, 0.5) is 19.3 Å². The molecule has 0 aliphatic carbocycles. The summed E-state index contributed by atoms with van der Waals surface area (Å²) in [5.41, 5.74) is 2.74. The molecular formula is C23H25F2N3O3S. The van der Waals surface area contributed by atoms with E-state index in [1.54, 1.807) is 45.5 Å². The molecular weight excluding hydrogens is 436 g/mol. The number of hydrogen-bond acceptors (Lipinski definition) is 5. The minimum atomic E-state index is -0.965. The van der Waals surface area contributed by atoms with Crippen LogP contribution in [0, 0.1) is 11.6 Å². The van der Waals surface area contributed by atoms with Crippen molar-refractivity contribution in [2.24, 2.45) is 0 Å². The third kappa shape index (κ3) is 6.23. The molecule has 0 spiro atoms. The van der Waals surface area contributed by atoms with Crippen LogP contribution in [0.5, 0.6) is 0 Å². The minimum absolute atomic E-state index is 0.129. The van der Waals surface area contributed by atoms with Gasteiger partial charge in [0.1, 0.15) is 23.3 Å². The summed E-state index contributed by atoms with van der Waals surface area (Å²) in [5.74, 6) is -1.78. The molecule has 0 aliphatic heterocycles. The zero-order valence-corrected chi connectivity index (χ0v) is 19.1. The van der Waals surface area contributed by atoms with Gasteiger partial charge in [-0.2, -0.15) is 0 Å². The quantitative estimate of drug-likeness (QED) is 0.557. The smallest absolute Gasteiger partial charge is 0.408 e. The molecule has 2 amide bonds. The molecule has 3 aromatic rings. The van der Waals surface area contributed by atoms with Gasteiger partial charge in [0.25, 0.3) is 0 Å². The van der Waals surface area contributed by atoms with Crippen molar-refractivity contribution in [1.29, 1.82) is 0 Å². The number of nitrogens with zero attached hydrogens (tertiary/aromatic N) is 2. The highest BCUT2D eigenvalue weighted by Gasteiger charge is 2.27. The lowest BCUT2D eigenvalue weighted by molar-refractivity contribution is -0.120. The number of aryl methyl sites for hydroxylation is 1. The van der Waals surface area contributed by atoms with E-state index in [-0.39, 0.29) is 18.7 Å². The Kier molecular flexibility index (Phi) is 7.08. The van der Waals surface area contributed by atoms with Crippen molar-refractivity contribution in [3.05, 3.63) is 59.1 Å². The van der Waals surface area contributed by atoms with Crippen LogP contribution in [0.15, 0.2) is 41.9 Å².